The molecular weight excluding hydrogens is 282 g/mol. The fraction of sp³-hybridized carbons (Fsp3) is 0.400. The number of rotatable bonds is 4. The van der Waals surface area contributed by atoms with Crippen LogP contribution in [0.3, 0.4) is 0 Å². The first-order valence-corrected chi connectivity index (χ1v) is 7.32. The molecule has 116 valence electrons. The van der Waals surface area contributed by atoms with Crippen LogP contribution in [-0.4, -0.2) is 33.7 Å². The van der Waals surface area contributed by atoms with Gasteiger partial charge in [-0.2, -0.15) is 0 Å². The molecule has 22 heavy (non-hydrogen) atoms. The average molecular weight is 301 g/mol. The highest BCUT2D eigenvalue weighted by atomic mass is 16.5. The van der Waals surface area contributed by atoms with Gasteiger partial charge in [0.15, 0.2) is 0 Å². The Bertz CT molecular complexity index is 629. The summed E-state index contributed by atoms with van der Waals surface area (Å²) in [5, 5.41) is 5.83. The highest BCUT2D eigenvalue weighted by Crippen LogP contribution is 2.30. The van der Waals surface area contributed by atoms with Gasteiger partial charge in [0.25, 0.3) is 0 Å². The van der Waals surface area contributed by atoms with Gasteiger partial charge in [0.1, 0.15) is 5.69 Å². The van der Waals surface area contributed by atoms with Crippen LogP contribution in [0.5, 0.6) is 5.88 Å². The normalized spacial score (nSPS) is 20.6. The van der Waals surface area contributed by atoms with Crippen molar-refractivity contribution in [1.29, 1.82) is 0 Å². The van der Waals surface area contributed by atoms with Crippen molar-refractivity contribution in [3.05, 3.63) is 37.1 Å². The van der Waals surface area contributed by atoms with Crippen LogP contribution >= 0.6 is 0 Å². The van der Waals surface area contributed by atoms with E-state index in [1.54, 1.807) is 30.9 Å². The van der Waals surface area contributed by atoms with Gasteiger partial charge in [0, 0.05) is 18.6 Å². The van der Waals surface area contributed by atoms with E-state index in [0.717, 1.165) is 19.3 Å². The molecule has 0 saturated heterocycles. The predicted molar refractivity (Wildman–Crippen MR) is 81.8 cm³/mol. The molecule has 2 aromatic rings. The number of hydrogen-bond acceptors (Lipinski definition) is 4. The Morgan fingerprint density at radius 2 is 2.32 bits per heavy atom. The summed E-state index contributed by atoms with van der Waals surface area (Å²) in [6.45, 7) is 0. The molecule has 7 heteroatoms. The van der Waals surface area contributed by atoms with Crippen molar-refractivity contribution >= 4 is 11.7 Å². The molecule has 3 rings (SSSR count). The Morgan fingerprint density at radius 1 is 1.41 bits per heavy atom. The first kappa shape index (κ1) is 14.4. The molecule has 0 bridgehead atoms. The second-order valence-electron chi connectivity index (χ2n) is 5.27. The molecule has 2 N–H and O–H groups in total. The van der Waals surface area contributed by atoms with E-state index >= 15 is 0 Å². The van der Waals surface area contributed by atoms with Crippen LogP contribution in [0.25, 0.3) is 0 Å². The van der Waals surface area contributed by atoms with Crippen LogP contribution in [0.15, 0.2) is 37.1 Å². The molecular formula is C15H19N5O2. The summed E-state index contributed by atoms with van der Waals surface area (Å²) in [6, 6.07) is 3.61. The molecule has 0 spiro atoms. The Morgan fingerprint density at radius 3 is 3.09 bits per heavy atom. The van der Waals surface area contributed by atoms with E-state index in [0.29, 0.717) is 11.6 Å². The van der Waals surface area contributed by atoms with Gasteiger partial charge in [-0.15, -0.1) is 0 Å². The van der Waals surface area contributed by atoms with E-state index < -0.39 is 0 Å². The van der Waals surface area contributed by atoms with E-state index in [4.69, 9.17) is 4.74 Å². The summed E-state index contributed by atoms with van der Waals surface area (Å²) < 4.78 is 7.19. The number of aromatic nitrogens is 3. The zero-order valence-corrected chi connectivity index (χ0v) is 12.4. The molecule has 2 amide bonds. The van der Waals surface area contributed by atoms with Crippen molar-refractivity contribution in [1.82, 2.24) is 19.9 Å². The largest absolute Gasteiger partial charge is 0.480 e. The number of urea groups is 1. The molecule has 0 aliphatic heterocycles. The third-order valence-corrected chi connectivity index (χ3v) is 3.92. The zero-order chi connectivity index (χ0) is 15.4. The number of nitrogens with one attached hydrogen (secondary N) is 2. The molecule has 0 aromatic carbocycles. The lowest BCUT2D eigenvalue weighted by molar-refractivity contribution is 0.245. The van der Waals surface area contributed by atoms with Gasteiger partial charge in [0.2, 0.25) is 5.88 Å². The number of anilines is 1. The number of methoxy groups -OCH3 is 1. The van der Waals surface area contributed by atoms with Gasteiger partial charge in [-0.3, -0.25) is 0 Å². The average Bonchev–Trinajstić information content (AvgIpc) is 3.18. The van der Waals surface area contributed by atoms with E-state index in [-0.39, 0.29) is 18.1 Å². The highest BCUT2D eigenvalue weighted by Gasteiger charge is 2.29. The van der Waals surface area contributed by atoms with Gasteiger partial charge in [-0.1, -0.05) is 0 Å². The van der Waals surface area contributed by atoms with E-state index in [1.807, 2.05) is 6.20 Å². The number of nitrogens with zero attached hydrogens (tertiary/aromatic N) is 3. The summed E-state index contributed by atoms with van der Waals surface area (Å²) in [4.78, 5) is 20.4. The predicted octanol–water partition coefficient (Wildman–Crippen LogP) is 2.20. The van der Waals surface area contributed by atoms with Crippen LogP contribution in [0.1, 0.15) is 25.3 Å². The third-order valence-electron chi connectivity index (χ3n) is 3.92. The Hall–Kier alpha value is -2.57. The zero-order valence-electron chi connectivity index (χ0n) is 12.4. The van der Waals surface area contributed by atoms with E-state index in [9.17, 15) is 4.79 Å². The first-order chi connectivity index (χ1) is 10.8. The number of pyridine rings is 1. The Balaban J connectivity index is 1.64. The van der Waals surface area contributed by atoms with Crippen LogP contribution in [0.4, 0.5) is 10.5 Å². The minimum Gasteiger partial charge on any atom is -0.480 e. The van der Waals surface area contributed by atoms with Gasteiger partial charge >= 0.3 is 6.03 Å². The highest BCUT2D eigenvalue weighted by molar-refractivity contribution is 5.90. The standard InChI is InChI=1S/C15H19N5O2/c1-22-14-12(5-3-7-17-14)19-15(21)18-11-4-2-6-13(11)20-9-8-16-10-20/h3,5,7-11,13H,2,4,6H2,1H3,(H2,18,19,21). The maximum atomic E-state index is 12.2. The summed E-state index contributed by atoms with van der Waals surface area (Å²) in [5.41, 5.74) is 0.555. The Labute approximate surface area is 128 Å². The lowest BCUT2D eigenvalue weighted by Gasteiger charge is -2.22. The summed E-state index contributed by atoms with van der Waals surface area (Å²) in [5.74, 6) is 0.398. The van der Waals surface area contributed by atoms with Gasteiger partial charge < -0.3 is 19.9 Å². The molecule has 1 aliphatic carbocycles. The lowest BCUT2D eigenvalue weighted by atomic mass is 10.2. The number of carbonyl (C=O) groups excluding carboxylic acids is 1. The van der Waals surface area contributed by atoms with Crippen molar-refractivity contribution < 1.29 is 9.53 Å². The van der Waals surface area contributed by atoms with Gasteiger partial charge in [-0.05, 0) is 31.4 Å². The molecule has 2 unspecified atom stereocenters. The molecule has 1 aliphatic rings. The summed E-state index contributed by atoms with van der Waals surface area (Å²) in [6.07, 6.45) is 10.2. The fourth-order valence-corrected chi connectivity index (χ4v) is 2.91. The van der Waals surface area contributed by atoms with Crippen LogP contribution < -0.4 is 15.4 Å². The SMILES string of the molecule is COc1ncccc1NC(=O)NC1CCCC1n1ccnc1. The lowest BCUT2D eigenvalue weighted by Crippen LogP contribution is -2.40. The molecule has 0 radical (unpaired) electrons. The minimum atomic E-state index is -0.247. The summed E-state index contributed by atoms with van der Waals surface area (Å²) >= 11 is 0. The molecule has 2 heterocycles. The fourth-order valence-electron chi connectivity index (χ4n) is 2.91. The summed E-state index contributed by atoms with van der Waals surface area (Å²) in [7, 11) is 1.53. The number of carbonyl (C=O) groups is 1. The quantitative estimate of drug-likeness (QED) is 0.907. The number of imidazole rings is 1. The molecule has 1 saturated carbocycles. The van der Waals surface area contributed by atoms with Crippen LogP contribution in [0, 0.1) is 0 Å². The first-order valence-electron chi connectivity index (χ1n) is 7.32. The van der Waals surface area contributed by atoms with Gasteiger partial charge in [-0.25, -0.2) is 14.8 Å². The maximum Gasteiger partial charge on any atom is 0.319 e. The molecule has 7 nitrogen and oxygen atoms in total. The maximum absolute atomic E-state index is 12.2. The smallest absolute Gasteiger partial charge is 0.319 e. The van der Waals surface area contributed by atoms with Crippen molar-refractivity contribution in [2.75, 3.05) is 12.4 Å². The van der Waals surface area contributed by atoms with Crippen molar-refractivity contribution in [3.63, 3.8) is 0 Å². The van der Waals surface area contributed by atoms with Crippen molar-refractivity contribution in [2.45, 2.75) is 31.3 Å². The second kappa shape index (κ2) is 6.46. The Kier molecular flexibility index (Phi) is 4.22. The van der Waals surface area contributed by atoms with E-state index in [1.165, 1.54) is 7.11 Å². The third kappa shape index (κ3) is 3.03. The monoisotopic (exact) mass is 301 g/mol. The van der Waals surface area contributed by atoms with E-state index in [2.05, 4.69) is 25.2 Å². The minimum absolute atomic E-state index is 0.0943. The van der Waals surface area contributed by atoms with Gasteiger partial charge in [0.05, 0.1) is 25.5 Å². The van der Waals surface area contributed by atoms with Crippen molar-refractivity contribution in [3.8, 4) is 5.88 Å². The number of hydrogen-bond donors (Lipinski definition) is 2. The molecule has 2 aromatic heterocycles. The topological polar surface area (TPSA) is 81.1 Å². The molecule has 1 fully saturated rings. The molecule has 2 atom stereocenters. The van der Waals surface area contributed by atoms with Crippen LogP contribution in [0.2, 0.25) is 0 Å². The number of amides is 2. The van der Waals surface area contributed by atoms with Crippen molar-refractivity contribution in [2.24, 2.45) is 0 Å². The second-order valence-corrected chi connectivity index (χ2v) is 5.27. The van der Waals surface area contributed by atoms with Crippen LogP contribution in [-0.2, 0) is 0 Å². The number of ether oxygens (including phenoxy) is 1.